The normalized spacial score (nSPS) is 47.8. The molecule has 0 radical (unpaired) electrons. The van der Waals surface area contributed by atoms with Crippen molar-refractivity contribution in [1.29, 1.82) is 0 Å². The highest BCUT2D eigenvalue weighted by molar-refractivity contribution is 5.87. The van der Waals surface area contributed by atoms with Gasteiger partial charge in [0.25, 0.3) is 0 Å². The summed E-state index contributed by atoms with van der Waals surface area (Å²) in [5.41, 5.74) is 0.0327. The molecule has 3 fully saturated rings. The van der Waals surface area contributed by atoms with Crippen molar-refractivity contribution in [3.8, 4) is 0 Å². The molecule has 0 spiro atoms. The third-order valence-corrected chi connectivity index (χ3v) is 6.32. The maximum Gasteiger partial charge on any atom is 0.139 e. The lowest BCUT2D eigenvalue weighted by Crippen LogP contribution is -2.42. The van der Waals surface area contributed by atoms with Gasteiger partial charge in [-0.1, -0.05) is 13.3 Å². The average molecular weight is 250 g/mol. The van der Waals surface area contributed by atoms with Crippen LogP contribution in [0.5, 0.6) is 0 Å². The molecule has 0 aromatic rings. The first-order valence-corrected chi connectivity index (χ1v) is 7.77. The quantitative estimate of drug-likeness (QED) is 0.817. The van der Waals surface area contributed by atoms with Crippen molar-refractivity contribution >= 4 is 5.78 Å². The molecule has 18 heavy (non-hydrogen) atoms. The molecule has 0 aromatic heterocycles. The number of rotatable bonds is 2. The van der Waals surface area contributed by atoms with E-state index in [1.165, 1.54) is 25.7 Å². The minimum absolute atomic E-state index is 0.0327. The summed E-state index contributed by atoms with van der Waals surface area (Å²) in [5.74, 6) is 3.60. The van der Waals surface area contributed by atoms with Crippen LogP contribution in [0.3, 0.4) is 0 Å². The van der Waals surface area contributed by atoms with Crippen molar-refractivity contribution in [3.63, 3.8) is 0 Å². The number of hydrogen-bond donors (Lipinski definition) is 1. The van der Waals surface area contributed by atoms with E-state index in [1.54, 1.807) is 0 Å². The molecule has 0 aliphatic heterocycles. The van der Waals surface area contributed by atoms with Crippen LogP contribution >= 0.6 is 0 Å². The number of aliphatic hydroxyl groups is 1. The Morgan fingerprint density at radius 2 is 2.06 bits per heavy atom. The number of ketones is 1. The molecule has 3 aliphatic carbocycles. The molecular weight excluding hydrogens is 224 g/mol. The van der Waals surface area contributed by atoms with E-state index in [0.717, 1.165) is 43.4 Å². The fraction of sp³-hybridized carbons (Fsp3) is 0.938. The second kappa shape index (κ2) is 4.63. The van der Waals surface area contributed by atoms with Gasteiger partial charge in [0.2, 0.25) is 0 Å². The van der Waals surface area contributed by atoms with Crippen LogP contribution in [0.4, 0.5) is 0 Å². The molecule has 3 rings (SSSR count). The molecule has 2 heteroatoms. The van der Waals surface area contributed by atoms with Crippen LogP contribution in [-0.4, -0.2) is 17.5 Å². The Balaban J connectivity index is 1.70. The zero-order valence-corrected chi connectivity index (χ0v) is 11.5. The molecule has 0 unspecified atom stereocenters. The van der Waals surface area contributed by atoms with E-state index in [1.807, 2.05) is 0 Å². The summed E-state index contributed by atoms with van der Waals surface area (Å²) in [6.07, 6.45) is 9.30. The smallest absolute Gasteiger partial charge is 0.139 e. The molecule has 0 aromatic carbocycles. The monoisotopic (exact) mass is 250 g/mol. The average Bonchev–Trinajstić information content (AvgIpc) is 2.63. The van der Waals surface area contributed by atoms with E-state index in [0.29, 0.717) is 18.3 Å². The number of aliphatic hydroxyl groups excluding tert-OH is 1. The Labute approximate surface area is 110 Å². The highest BCUT2D eigenvalue weighted by Gasteiger charge is 2.52. The van der Waals surface area contributed by atoms with Crippen molar-refractivity contribution in [1.82, 2.24) is 0 Å². The maximum absolute atomic E-state index is 12.1. The Hall–Kier alpha value is -0.370. The van der Waals surface area contributed by atoms with Crippen LogP contribution in [0.25, 0.3) is 0 Å². The summed E-state index contributed by atoms with van der Waals surface area (Å²) in [4.78, 5) is 12.1. The molecular formula is C16H26O2. The summed E-state index contributed by atoms with van der Waals surface area (Å²) in [5, 5.41) is 9.10. The van der Waals surface area contributed by atoms with E-state index in [4.69, 9.17) is 5.11 Å². The van der Waals surface area contributed by atoms with Crippen molar-refractivity contribution in [2.24, 2.45) is 29.1 Å². The van der Waals surface area contributed by atoms with E-state index in [9.17, 15) is 4.79 Å². The van der Waals surface area contributed by atoms with Crippen molar-refractivity contribution in [3.05, 3.63) is 0 Å². The Morgan fingerprint density at radius 3 is 2.83 bits per heavy atom. The van der Waals surface area contributed by atoms with Gasteiger partial charge in [0.15, 0.2) is 0 Å². The molecule has 102 valence electrons. The van der Waals surface area contributed by atoms with E-state index in [-0.39, 0.29) is 5.41 Å². The van der Waals surface area contributed by atoms with Gasteiger partial charge in [0, 0.05) is 18.4 Å². The number of carbonyl (C=O) groups excluding carboxylic acids is 1. The second-order valence-electron chi connectivity index (χ2n) is 7.23. The van der Waals surface area contributed by atoms with Crippen molar-refractivity contribution < 1.29 is 9.90 Å². The van der Waals surface area contributed by atoms with Gasteiger partial charge >= 0.3 is 0 Å². The highest BCUT2D eigenvalue weighted by atomic mass is 16.3. The van der Waals surface area contributed by atoms with Crippen molar-refractivity contribution in [2.75, 3.05) is 6.61 Å². The van der Waals surface area contributed by atoms with Crippen LogP contribution in [0, 0.1) is 29.1 Å². The lowest BCUT2D eigenvalue weighted by molar-refractivity contribution is -0.130. The summed E-state index contributed by atoms with van der Waals surface area (Å²) in [6.45, 7) is 2.59. The first-order chi connectivity index (χ1) is 8.63. The summed E-state index contributed by atoms with van der Waals surface area (Å²) < 4.78 is 0. The fourth-order valence-electron chi connectivity index (χ4n) is 5.13. The molecule has 0 saturated heterocycles. The zero-order chi connectivity index (χ0) is 12.8. The number of Topliss-reactive ketones (excluding diaryl/α,β-unsaturated/α-hetero) is 1. The topological polar surface area (TPSA) is 37.3 Å². The summed E-state index contributed by atoms with van der Waals surface area (Å²) in [7, 11) is 0. The van der Waals surface area contributed by atoms with Gasteiger partial charge < -0.3 is 5.11 Å². The molecule has 5 atom stereocenters. The van der Waals surface area contributed by atoms with Gasteiger partial charge in [-0.25, -0.2) is 0 Å². The molecule has 3 aliphatic rings. The minimum atomic E-state index is 0.0327. The van der Waals surface area contributed by atoms with Crippen LogP contribution in [0.1, 0.15) is 58.3 Å². The molecule has 2 nitrogen and oxygen atoms in total. The van der Waals surface area contributed by atoms with Gasteiger partial charge in [0.1, 0.15) is 5.78 Å². The van der Waals surface area contributed by atoms with E-state index < -0.39 is 0 Å². The first-order valence-electron chi connectivity index (χ1n) is 7.77. The second-order valence-corrected chi connectivity index (χ2v) is 7.23. The van der Waals surface area contributed by atoms with Gasteiger partial charge in [0.05, 0.1) is 0 Å². The van der Waals surface area contributed by atoms with Crippen LogP contribution < -0.4 is 0 Å². The third-order valence-electron chi connectivity index (χ3n) is 6.32. The largest absolute Gasteiger partial charge is 0.396 e. The minimum Gasteiger partial charge on any atom is -0.396 e. The van der Waals surface area contributed by atoms with Gasteiger partial charge in [-0.15, -0.1) is 0 Å². The molecule has 0 heterocycles. The van der Waals surface area contributed by atoms with Gasteiger partial charge in [-0.2, -0.15) is 0 Å². The van der Waals surface area contributed by atoms with Crippen LogP contribution in [-0.2, 0) is 4.79 Å². The lowest BCUT2D eigenvalue weighted by Gasteiger charge is -2.48. The molecule has 1 N–H and O–H groups in total. The summed E-state index contributed by atoms with van der Waals surface area (Å²) in [6, 6.07) is 0. The highest BCUT2D eigenvalue weighted by Crippen LogP contribution is 2.57. The molecule has 0 bridgehead atoms. The zero-order valence-electron chi connectivity index (χ0n) is 11.5. The maximum atomic E-state index is 12.1. The predicted octanol–water partition coefficient (Wildman–Crippen LogP) is 3.18. The SMILES string of the molecule is C[C@]12C[C@H]3CC[C@H](CCO)C[C@H]3C[C@@H]1CCC2=O. The standard InChI is InChI=1S/C16H26O2/c1-16-10-12-3-2-11(6-7-17)8-13(12)9-14(16)4-5-15(16)18/h11-14,17H,2-10H2,1H3/t11-,12-,13+,14+,16+/m1/s1. The molecule has 3 saturated carbocycles. The van der Waals surface area contributed by atoms with E-state index >= 15 is 0 Å². The molecule has 0 amide bonds. The predicted molar refractivity (Wildman–Crippen MR) is 71.1 cm³/mol. The van der Waals surface area contributed by atoms with Gasteiger partial charge in [-0.05, 0) is 62.2 Å². The summed E-state index contributed by atoms with van der Waals surface area (Å²) >= 11 is 0. The van der Waals surface area contributed by atoms with E-state index in [2.05, 4.69) is 6.92 Å². The Morgan fingerprint density at radius 1 is 1.22 bits per heavy atom. The van der Waals surface area contributed by atoms with Crippen molar-refractivity contribution in [2.45, 2.75) is 58.3 Å². The van der Waals surface area contributed by atoms with Crippen LogP contribution in [0.15, 0.2) is 0 Å². The number of carbonyl (C=O) groups is 1. The third kappa shape index (κ3) is 1.93. The van der Waals surface area contributed by atoms with Gasteiger partial charge in [-0.3, -0.25) is 4.79 Å². The number of fused-ring (bicyclic) bond motifs is 2. The Kier molecular flexibility index (Phi) is 3.25. The lowest BCUT2D eigenvalue weighted by atomic mass is 9.56. The van der Waals surface area contributed by atoms with Crippen LogP contribution in [0.2, 0.25) is 0 Å². The fourth-order valence-corrected chi connectivity index (χ4v) is 5.13. The Bertz CT molecular complexity index is 338. The first kappa shape index (κ1) is 12.7. The number of hydrogen-bond acceptors (Lipinski definition) is 2.